The first kappa shape index (κ1) is 15.3. The second kappa shape index (κ2) is 6.66. The molecule has 2 N–H and O–H groups in total. The van der Waals surface area contributed by atoms with Crippen LogP contribution in [-0.4, -0.2) is 35.2 Å². The topological polar surface area (TPSA) is 97.8 Å². The molecule has 2 heterocycles. The fourth-order valence-corrected chi connectivity index (χ4v) is 2.76. The molecule has 8 heteroatoms. The monoisotopic (exact) mass is 334 g/mol. The Hall–Kier alpha value is -2.61. The number of carboxylic acids is 1. The zero-order chi connectivity index (χ0) is 16.2. The van der Waals surface area contributed by atoms with Crippen LogP contribution in [0.5, 0.6) is 11.5 Å². The van der Waals surface area contributed by atoms with Gasteiger partial charge in [0, 0.05) is 17.4 Å². The summed E-state index contributed by atoms with van der Waals surface area (Å²) in [4.78, 5) is 26.9. The van der Waals surface area contributed by atoms with Gasteiger partial charge in [0.25, 0.3) is 5.91 Å². The Labute approximate surface area is 135 Å². The van der Waals surface area contributed by atoms with Crippen molar-refractivity contribution in [2.45, 2.75) is 13.0 Å². The van der Waals surface area contributed by atoms with E-state index in [1.165, 1.54) is 16.7 Å². The maximum atomic E-state index is 12.2. The number of carbonyl (C=O) groups excluding carboxylic acids is 1. The summed E-state index contributed by atoms with van der Waals surface area (Å²) in [5.41, 5.74) is 0.430. The van der Waals surface area contributed by atoms with Crippen LogP contribution in [0.2, 0.25) is 0 Å². The van der Waals surface area contributed by atoms with Crippen LogP contribution in [0.1, 0.15) is 32.3 Å². The number of amides is 1. The molecule has 23 heavy (non-hydrogen) atoms. The van der Waals surface area contributed by atoms with Gasteiger partial charge in [0.05, 0.1) is 19.8 Å². The van der Waals surface area contributed by atoms with Crippen molar-refractivity contribution < 1.29 is 24.2 Å². The van der Waals surface area contributed by atoms with E-state index in [0.717, 1.165) is 6.42 Å². The van der Waals surface area contributed by atoms with Crippen LogP contribution in [0.15, 0.2) is 23.6 Å². The van der Waals surface area contributed by atoms with E-state index < -0.39 is 5.97 Å². The third-order valence-electron chi connectivity index (χ3n) is 3.18. The largest absolute Gasteiger partial charge is 0.490 e. The van der Waals surface area contributed by atoms with Gasteiger partial charge in [-0.25, -0.2) is 9.78 Å². The maximum Gasteiger partial charge on any atom is 0.355 e. The predicted octanol–water partition coefficient (Wildman–Crippen LogP) is 1.93. The van der Waals surface area contributed by atoms with Gasteiger partial charge < -0.3 is 19.9 Å². The lowest BCUT2D eigenvalue weighted by molar-refractivity contribution is 0.0691. The first-order valence-corrected chi connectivity index (χ1v) is 7.87. The molecule has 2 aromatic rings. The lowest BCUT2D eigenvalue weighted by Crippen LogP contribution is -2.22. The van der Waals surface area contributed by atoms with Crippen LogP contribution in [0.25, 0.3) is 0 Å². The van der Waals surface area contributed by atoms with E-state index in [9.17, 15) is 9.59 Å². The van der Waals surface area contributed by atoms with Gasteiger partial charge in [-0.1, -0.05) is 0 Å². The summed E-state index contributed by atoms with van der Waals surface area (Å²) in [7, 11) is 0. The Morgan fingerprint density at radius 2 is 2.04 bits per heavy atom. The number of aromatic nitrogens is 1. The summed E-state index contributed by atoms with van der Waals surface area (Å²) in [6.07, 6.45) is 0.798. The first-order chi connectivity index (χ1) is 11.1. The normalized spacial score (nSPS) is 13.2. The molecule has 0 atom stereocenters. The van der Waals surface area contributed by atoms with Gasteiger partial charge in [0.2, 0.25) is 0 Å². The third-order valence-corrected chi connectivity index (χ3v) is 4.03. The molecule has 0 saturated heterocycles. The van der Waals surface area contributed by atoms with Crippen LogP contribution in [0, 0.1) is 0 Å². The fourth-order valence-electron chi connectivity index (χ4n) is 2.05. The van der Waals surface area contributed by atoms with Gasteiger partial charge in [0.1, 0.15) is 5.01 Å². The second-order valence-corrected chi connectivity index (χ2v) is 5.77. The third kappa shape index (κ3) is 3.59. The van der Waals surface area contributed by atoms with E-state index in [-0.39, 0.29) is 18.1 Å². The van der Waals surface area contributed by atoms with E-state index >= 15 is 0 Å². The van der Waals surface area contributed by atoms with Gasteiger partial charge in [-0.15, -0.1) is 11.3 Å². The van der Waals surface area contributed by atoms with Gasteiger partial charge in [0.15, 0.2) is 17.2 Å². The quantitative estimate of drug-likeness (QED) is 0.887. The Morgan fingerprint density at radius 1 is 1.26 bits per heavy atom. The van der Waals surface area contributed by atoms with Crippen molar-refractivity contribution in [1.82, 2.24) is 10.3 Å². The van der Waals surface area contributed by atoms with Gasteiger partial charge >= 0.3 is 5.97 Å². The van der Waals surface area contributed by atoms with Crippen LogP contribution in [0.4, 0.5) is 0 Å². The molecule has 0 bridgehead atoms. The van der Waals surface area contributed by atoms with Gasteiger partial charge in [-0.3, -0.25) is 4.79 Å². The Bertz CT molecular complexity index is 743. The van der Waals surface area contributed by atoms with E-state index in [4.69, 9.17) is 14.6 Å². The number of nitrogens with one attached hydrogen (secondary N) is 1. The van der Waals surface area contributed by atoms with E-state index in [1.807, 2.05) is 0 Å². The molecular formula is C15H14N2O5S. The number of hydrogen-bond acceptors (Lipinski definition) is 6. The minimum atomic E-state index is -1.08. The number of thiazole rings is 1. The molecule has 1 aliphatic heterocycles. The summed E-state index contributed by atoms with van der Waals surface area (Å²) in [6, 6.07) is 5.01. The van der Waals surface area contributed by atoms with E-state index in [1.54, 1.807) is 18.2 Å². The Morgan fingerprint density at radius 3 is 2.78 bits per heavy atom. The molecule has 0 aliphatic carbocycles. The van der Waals surface area contributed by atoms with Gasteiger partial charge in [-0.2, -0.15) is 0 Å². The highest BCUT2D eigenvalue weighted by Gasteiger charge is 2.15. The number of aromatic carboxylic acids is 1. The molecule has 0 unspecified atom stereocenters. The average Bonchev–Trinajstić information content (AvgIpc) is 2.90. The Balaban J connectivity index is 1.65. The lowest BCUT2D eigenvalue weighted by Gasteiger charge is -2.09. The molecule has 0 radical (unpaired) electrons. The lowest BCUT2D eigenvalue weighted by atomic mass is 10.2. The van der Waals surface area contributed by atoms with Crippen molar-refractivity contribution in [2.24, 2.45) is 0 Å². The van der Waals surface area contributed by atoms with Crippen molar-refractivity contribution in [3.63, 3.8) is 0 Å². The number of fused-ring (bicyclic) bond motifs is 1. The molecule has 120 valence electrons. The fraction of sp³-hybridized carbons (Fsp3) is 0.267. The second-order valence-electron chi connectivity index (χ2n) is 4.83. The van der Waals surface area contributed by atoms with Crippen molar-refractivity contribution in [2.75, 3.05) is 13.2 Å². The highest BCUT2D eigenvalue weighted by Crippen LogP contribution is 2.30. The van der Waals surface area contributed by atoms with Crippen LogP contribution in [-0.2, 0) is 6.54 Å². The predicted molar refractivity (Wildman–Crippen MR) is 82.3 cm³/mol. The number of benzene rings is 1. The van der Waals surface area contributed by atoms with Crippen LogP contribution < -0.4 is 14.8 Å². The number of carboxylic acid groups (broad SMARTS) is 1. The summed E-state index contributed by atoms with van der Waals surface area (Å²) in [6.45, 7) is 1.31. The molecule has 1 aliphatic rings. The highest BCUT2D eigenvalue weighted by atomic mass is 32.1. The molecule has 1 amide bonds. The zero-order valence-corrected chi connectivity index (χ0v) is 12.9. The minimum Gasteiger partial charge on any atom is -0.490 e. The van der Waals surface area contributed by atoms with Gasteiger partial charge in [-0.05, 0) is 18.2 Å². The zero-order valence-electron chi connectivity index (χ0n) is 12.1. The maximum absolute atomic E-state index is 12.2. The smallest absolute Gasteiger partial charge is 0.355 e. The Kier molecular flexibility index (Phi) is 4.42. The highest BCUT2D eigenvalue weighted by molar-refractivity contribution is 7.09. The average molecular weight is 334 g/mol. The summed E-state index contributed by atoms with van der Waals surface area (Å²) in [5, 5.41) is 13.5. The standard InChI is InChI=1S/C15H14N2O5S/c18-14(16-7-13-17-10(8-23-13)15(19)20)9-2-3-11-12(6-9)22-5-1-4-21-11/h2-3,6,8H,1,4-5,7H2,(H,16,18)(H,19,20). The SMILES string of the molecule is O=C(NCc1nc(C(=O)O)cs1)c1ccc2c(c1)OCCCO2. The molecule has 1 aromatic heterocycles. The molecule has 0 fully saturated rings. The first-order valence-electron chi connectivity index (χ1n) is 6.99. The summed E-state index contributed by atoms with van der Waals surface area (Å²) < 4.78 is 11.1. The molecule has 0 spiro atoms. The molecule has 0 saturated carbocycles. The molecule has 7 nitrogen and oxygen atoms in total. The summed E-state index contributed by atoms with van der Waals surface area (Å²) in [5.74, 6) is -0.183. The molecule has 3 rings (SSSR count). The van der Waals surface area contributed by atoms with Crippen LogP contribution in [0.3, 0.4) is 0 Å². The van der Waals surface area contributed by atoms with Crippen molar-refractivity contribution in [1.29, 1.82) is 0 Å². The number of ether oxygens (including phenoxy) is 2. The van der Waals surface area contributed by atoms with Crippen molar-refractivity contribution >= 4 is 23.2 Å². The van der Waals surface area contributed by atoms with Crippen molar-refractivity contribution in [3.8, 4) is 11.5 Å². The van der Waals surface area contributed by atoms with Crippen molar-refractivity contribution in [3.05, 3.63) is 39.8 Å². The minimum absolute atomic E-state index is 0.0187. The summed E-state index contributed by atoms with van der Waals surface area (Å²) >= 11 is 1.19. The number of rotatable bonds is 4. The molecule has 1 aromatic carbocycles. The number of carbonyl (C=O) groups is 2. The number of hydrogen-bond donors (Lipinski definition) is 2. The number of nitrogens with zero attached hydrogens (tertiary/aromatic N) is 1. The van der Waals surface area contributed by atoms with Crippen LogP contribution >= 0.6 is 11.3 Å². The van der Waals surface area contributed by atoms with E-state index in [2.05, 4.69) is 10.3 Å². The van der Waals surface area contributed by atoms with E-state index in [0.29, 0.717) is 35.3 Å². The molecular weight excluding hydrogens is 320 g/mol.